The molecule has 6 aromatic carbocycles. The summed E-state index contributed by atoms with van der Waals surface area (Å²) in [5.41, 5.74) is 0. The van der Waals surface area contributed by atoms with Crippen LogP contribution in [0.15, 0.2) is 91.0 Å². The largest absolute Gasteiger partial charge is 0.496 e. The molecule has 0 N–H and O–H groups in total. The van der Waals surface area contributed by atoms with E-state index in [1.54, 1.807) is 7.11 Å². The fourth-order valence-electron chi connectivity index (χ4n) is 4.73. The Morgan fingerprint density at radius 1 is 0.429 bits per heavy atom. The molecule has 0 amide bonds. The van der Waals surface area contributed by atoms with E-state index in [-0.39, 0.29) is 0 Å². The maximum atomic E-state index is 5.65. The fraction of sp³-hybridized carbons (Fsp3) is 0.0370. The van der Waals surface area contributed by atoms with E-state index in [1.165, 1.54) is 48.5 Å². The van der Waals surface area contributed by atoms with Crippen molar-refractivity contribution in [3.63, 3.8) is 0 Å². The predicted molar refractivity (Wildman–Crippen MR) is 121 cm³/mol. The number of ether oxygens (including phenoxy) is 1. The molecule has 6 rings (SSSR count). The summed E-state index contributed by atoms with van der Waals surface area (Å²) in [7, 11) is 1.74. The van der Waals surface area contributed by atoms with E-state index in [4.69, 9.17) is 4.74 Å². The van der Waals surface area contributed by atoms with Crippen molar-refractivity contribution in [3.05, 3.63) is 91.0 Å². The smallest absolute Gasteiger partial charge is 0.126 e. The molecule has 0 spiro atoms. The molecule has 0 saturated carbocycles. The highest BCUT2D eigenvalue weighted by molar-refractivity contribution is 6.35. The standard InChI is InChI=1S/C27H18O/c1-28-25-12-6-11-22-20(25)15-16-23-19-9-4-5-10-21(19)26-18-8-3-2-7-17(18)13-14-24(26)27(22)23/h2-16H,1H3. The number of hydrogen-bond donors (Lipinski definition) is 0. The molecule has 28 heavy (non-hydrogen) atoms. The zero-order valence-electron chi connectivity index (χ0n) is 15.6. The zero-order valence-corrected chi connectivity index (χ0v) is 15.6. The van der Waals surface area contributed by atoms with E-state index < -0.39 is 0 Å². The van der Waals surface area contributed by atoms with Gasteiger partial charge in [0.2, 0.25) is 0 Å². The van der Waals surface area contributed by atoms with E-state index in [2.05, 4.69) is 84.9 Å². The molecule has 0 heterocycles. The zero-order chi connectivity index (χ0) is 18.7. The quantitative estimate of drug-likeness (QED) is 0.277. The summed E-state index contributed by atoms with van der Waals surface area (Å²) in [6.07, 6.45) is 0. The molecule has 0 fully saturated rings. The van der Waals surface area contributed by atoms with Crippen LogP contribution in [0.5, 0.6) is 5.75 Å². The molecular formula is C27H18O. The molecule has 0 atom stereocenters. The van der Waals surface area contributed by atoms with Gasteiger partial charge in [0.25, 0.3) is 0 Å². The van der Waals surface area contributed by atoms with Gasteiger partial charge in [-0.3, -0.25) is 0 Å². The molecule has 0 saturated heterocycles. The van der Waals surface area contributed by atoms with Gasteiger partial charge in [-0.2, -0.15) is 0 Å². The number of methoxy groups -OCH3 is 1. The van der Waals surface area contributed by atoms with Crippen molar-refractivity contribution >= 4 is 53.9 Å². The van der Waals surface area contributed by atoms with Crippen molar-refractivity contribution in [1.29, 1.82) is 0 Å². The Labute approximate surface area is 162 Å². The van der Waals surface area contributed by atoms with Crippen LogP contribution in [0.3, 0.4) is 0 Å². The van der Waals surface area contributed by atoms with Crippen LogP contribution in [0.1, 0.15) is 0 Å². The highest BCUT2D eigenvalue weighted by Gasteiger charge is 2.14. The molecule has 0 aliphatic carbocycles. The first-order chi connectivity index (χ1) is 13.9. The monoisotopic (exact) mass is 358 g/mol. The maximum absolute atomic E-state index is 5.65. The Balaban J connectivity index is 2.01. The number of rotatable bonds is 1. The molecule has 132 valence electrons. The van der Waals surface area contributed by atoms with Crippen molar-refractivity contribution in [3.8, 4) is 5.75 Å². The van der Waals surface area contributed by atoms with Crippen molar-refractivity contribution in [2.24, 2.45) is 0 Å². The maximum Gasteiger partial charge on any atom is 0.126 e. The van der Waals surface area contributed by atoms with Crippen LogP contribution in [0.4, 0.5) is 0 Å². The normalized spacial score (nSPS) is 11.8. The number of benzene rings is 6. The molecular weight excluding hydrogens is 340 g/mol. The Morgan fingerprint density at radius 3 is 1.86 bits per heavy atom. The van der Waals surface area contributed by atoms with Crippen molar-refractivity contribution < 1.29 is 4.74 Å². The lowest BCUT2D eigenvalue weighted by Crippen LogP contribution is -1.89. The lowest BCUT2D eigenvalue weighted by atomic mass is 9.89. The van der Waals surface area contributed by atoms with Gasteiger partial charge in [0.15, 0.2) is 0 Å². The van der Waals surface area contributed by atoms with Gasteiger partial charge in [-0.25, -0.2) is 0 Å². The van der Waals surface area contributed by atoms with Gasteiger partial charge >= 0.3 is 0 Å². The second-order valence-corrected chi connectivity index (χ2v) is 7.30. The minimum atomic E-state index is 0.918. The predicted octanol–water partition coefficient (Wildman–Crippen LogP) is 7.46. The van der Waals surface area contributed by atoms with Gasteiger partial charge in [-0.15, -0.1) is 0 Å². The highest BCUT2D eigenvalue weighted by Crippen LogP contribution is 2.42. The third-order valence-corrected chi connectivity index (χ3v) is 5.93. The summed E-state index contributed by atoms with van der Waals surface area (Å²) in [4.78, 5) is 0. The lowest BCUT2D eigenvalue weighted by Gasteiger charge is -2.15. The first-order valence-corrected chi connectivity index (χ1v) is 9.58. The third-order valence-electron chi connectivity index (χ3n) is 5.93. The lowest BCUT2D eigenvalue weighted by molar-refractivity contribution is 0.420. The molecule has 1 heteroatoms. The Hall–Kier alpha value is -3.58. The highest BCUT2D eigenvalue weighted by atomic mass is 16.5. The van der Waals surface area contributed by atoms with Crippen LogP contribution in [-0.2, 0) is 0 Å². The summed E-state index contributed by atoms with van der Waals surface area (Å²) in [6.45, 7) is 0. The Bertz CT molecular complexity index is 1540. The van der Waals surface area contributed by atoms with Crippen molar-refractivity contribution in [1.82, 2.24) is 0 Å². The molecule has 0 aromatic heterocycles. The second kappa shape index (κ2) is 5.71. The minimum Gasteiger partial charge on any atom is -0.496 e. The fourth-order valence-corrected chi connectivity index (χ4v) is 4.73. The minimum absolute atomic E-state index is 0.918. The van der Waals surface area contributed by atoms with Gasteiger partial charge in [-0.05, 0) is 60.6 Å². The summed E-state index contributed by atoms with van der Waals surface area (Å²) in [6, 6.07) is 32.7. The summed E-state index contributed by atoms with van der Waals surface area (Å²) < 4.78 is 5.65. The van der Waals surface area contributed by atoms with Crippen LogP contribution in [0.2, 0.25) is 0 Å². The first kappa shape index (κ1) is 15.5. The second-order valence-electron chi connectivity index (χ2n) is 7.30. The Morgan fingerprint density at radius 2 is 1.00 bits per heavy atom. The molecule has 6 aromatic rings. The first-order valence-electron chi connectivity index (χ1n) is 9.58. The molecule has 0 unspecified atom stereocenters. The molecule has 0 aliphatic rings. The SMILES string of the molecule is COc1cccc2c1ccc1c3ccccc3c3c4ccccc4ccc3c21. The van der Waals surface area contributed by atoms with Gasteiger partial charge in [0.1, 0.15) is 5.75 Å². The number of fused-ring (bicyclic) bond motifs is 10. The van der Waals surface area contributed by atoms with E-state index in [1.807, 2.05) is 6.07 Å². The van der Waals surface area contributed by atoms with Crippen LogP contribution < -0.4 is 4.74 Å². The molecule has 0 radical (unpaired) electrons. The molecule has 0 bridgehead atoms. The summed E-state index contributed by atoms with van der Waals surface area (Å²) in [5.74, 6) is 0.918. The number of hydrogen-bond acceptors (Lipinski definition) is 1. The van der Waals surface area contributed by atoms with Crippen LogP contribution in [0, 0.1) is 0 Å². The third kappa shape index (κ3) is 1.96. The van der Waals surface area contributed by atoms with Crippen molar-refractivity contribution in [2.75, 3.05) is 7.11 Å². The topological polar surface area (TPSA) is 9.23 Å². The van der Waals surface area contributed by atoms with E-state index in [0.717, 1.165) is 11.1 Å². The summed E-state index contributed by atoms with van der Waals surface area (Å²) >= 11 is 0. The average molecular weight is 358 g/mol. The molecule has 1 nitrogen and oxygen atoms in total. The van der Waals surface area contributed by atoms with E-state index in [0.29, 0.717) is 0 Å². The Kier molecular flexibility index (Phi) is 3.15. The van der Waals surface area contributed by atoms with Gasteiger partial charge in [0, 0.05) is 5.39 Å². The van der Waals surface area contributed by atoms with Gasteiger partial charge in [-0.1, -0.05) is 78.9 Å². The summed E-state index contributed by atoms with van der Waals surface area (Å²) in [5, 5.41) is 12.8. The average Bonchev–Trinajstić information content (AvgIpc) is 2.77. The van der Waals surface area contributed by atoms with Gasteiger partial charge in [0.05, 0.1) is 7.11 Å². The molecule has 0 aliphatic heterocycles. The van der Waals surface area contributed by atoms with Crippen molar-refractivity contribution in [2.45, 2.75) is 0 Å². The van der Waals surface area contributed by atoms with Crippen LogP contribution >= 0.6 is 0 Å². The van der Waals surface area contributed by atoms with Crippen LogP contribution in [-0.4, -0.2) is 7.11 Å². The van der Waals surface area contributed by atoms with Gasteiger partial charge < -0.3 is 4.74 Å². The van der Waals surface area contributed by atoms with Crippen LogP contribution in [0.25, 0.3) is 53.9 Å². The van der Waals surface area contributed by atoms with E-state index >= 15 is 0 Å². The van der Waals surface area contributed by atoms with E-state index in [9.17, 15) is 0 Å².